The van der Waals surface area contributed by atoms with Gasteiger partial charge < -0.3 is 4.57 Å². The van der Waals surface area contributed by atoms with Gasteiger partial charge in [-0.1, -0.05) is 25.7 Å². The molecule has 0 radical (unpaired) electrons. The molecule has 2 aliphatic carbocycles. The van der Waals surface area contributed by atoms with Crippen molar-refractivity contribution in [2.75, 3.05) is 0 Å². The molecule has 4 rings (SSSR count). The lowest BCUT2D eigenvalue weighted by atomic mass is 9.90. The first kappa shape index (κ1) is 19.0. The fourth-order valence-electron chi connectivity index (χ4n) is 4.17. The molecule has 0 amide bonds. The molecule has 2 aromatic rings. The summed E-state index contributed by atoms with van der Waals surface area (Å²) in [5.41, 5.74) is -0.591. The van der Waals surface area contributed by atoms with Crippen LogP contribution < -0.4 is 0 Å². The van der Waals surface area contributed by atoms with Crippen molar-refractivity contribution in [3.63, 3.8) is 0 Å². The fourth-order valence-corrected chi connectivity index (χ4v) is 5.15. The summed E-state index contributed by atoms with van der Waals surface area (Å²) in [7, 11) is 0. The van der Waals surface area contributed by atoms with E-state index >= 15 is 0 Å². The van der Waals surface area contributed by atoms with Gasteiger partial charge in [0.15, 0.2) is 0 Å². The van der Waals surface area contributed by atoms with Crippen molar-refractivity contribution in [3.05, 3.63) is 33.5 Å². The van der Waals surface area contributed by atoms with Crippen LogP contribution in [0.3, 0.4) is 0 Å². The van der Waals surface area contributed by atoms with Gasteiger partial charge in [0.2, 0.25) is 0 Å². The number of hydrogen-bond acceptors (Lipinski definition) is 3. The Labute approximate surface area is 162 Å². The summed E-state index contributed by atoms with van der Waals surface area (Å²) in [6, 6.07) is 3.20. The van der Waals surface area contributed by atoms with Crippen LogP contribution in [0.4, 0.5) is 13.2 Å². The molecule has 3 nitrogen and oxygen atoms in total. The molecule has 2 fully saturated rings. The van der Waals surface area contributed by atoms with Crippen molar-refractivity contribution in [1.82, 2.24) is 14.8 Å². The quantitative estimate of drug-likeness (QED) is 0.555. The van der Waals surface area contributed by atoms with E-state index in [1.807, 2.05) is 13.8 Å². The topological polar surface area (TPSA) is 30.7 Å². The minimum atomic E-state index is -4.30. The molecule has 2 aromatic heterocycles. The molecule has 148 valence electrons. The maximum atomic E-state index is 13.1. The number of aromatic nitrogens is 3. The Morgan fingerprint density at radius 1 is 0.926 bits per heavy atom. The van der Waals surface area contributed by atoms with Gasteiger partial charge >= 0.3 is 6.18 Å². The standard InChI is InChI=1S/C20H26F3N3S/c1-19(2,15-11-12-16(27-15)20(21,22)23)18-25-24-17(26(18)14-9-10-14)13-7-5-3-4-6-8-13/h11-14H,3-10H2,1-2H3. The Hall–Kier alpha value is -1.37. The fraction of sp³-hybridized carbons (Fsp3) is 0.700. The van der Waals surface area contributed by atoms with Crippen LogP contribution in [0, 0.1) is 0 Å². The van der Waals surface area contributed by atoms with Crippen LogP contribution in [-0.2, 0) is 11.6 Å². The largest absolute Gasteiger partial charge is 0.425 e. The van der Waals surface area contributed by atoms with E-state index in [0.717, 1.165) is 48.7 Å². The summed E-state index contributed by atoms with van der Waals surface area (Å²) in [4.78, 5) is 0.142. The monoisotopic (exact) mass is 397 g/mol. The highest BCUT2D eigenvalue weighted by molar-refractivity contribution is 7.12. The smallest absolute Gasteiger partial charge is 0.311 e. The van der Waals surface area contributed by atoms with Crippen molar-refractivity contribution >= 4 is 11.3 Å². The number of nitrogens with zero attached hydrogens (tertiary/aromatic N) is 3. The summed E-state index contributed by atoms with van der Waals surface area (Å²) in [5.74, 6) is 2.31. The van der Waals surface area contributed by atoms with Gasteiger partial charge in [0.05, 0.1) is 5.41 Å². The lowest BCUT2D eigenvalue weighted by molar-refractivity contribution is -0.134. The van der Waals surface area contributed by atoms with E-state index < -0.39 is 16.5 Å². The third kappa shape index (κ3) is 3.67. The summed E-state index contributed by atoms with van der Waals surface area (Å²) < 4.78 is 41.5. The average molecular weight is 398 g/mol. The predicted octanol–water partition coefficient (Wildman–Crippen LogP) is 6.46. The Bertz CT molecular complexity index is 794. The minimum Gasteiger partial charge on any atom is -0.311 e. The highest BCUT2D eigenvalue weighted by Crippen LogP contribution is 2.46. The third-order valence-corrected chi connectivity index (χ3v) is 7.37. The second-order valence-electron chi connectivity index (χ2n) is 8.46. The van der Waals surface area contributed by atoms with E-state index in [9.17, 15) is 13.2 Å². The van der Waals surface area contributed by atoms with E-state index in [1.165, 1.54) is 31.7 Å². The molecule has 0 atom stereocenters. The molecule has 7 heteroatoms. The molecule has 27 heavy (non-hydrogen) atoms. The SMILES string of the molecule is CC(C)(c1ccc(C(F)(F)F)s1)c1nnc(C2CCCCCC2)n1C1CC1. The minimum absolute atomic E-state index is 0.412. The molecule has 0 saturated heterocycles. The molecule has 2 heterocycles. The normalized spacial score (nSPS) is 20.0. The second-order valence-corrected chi connectivity index (χ2v) is 9.54. The van der Waals surface area contributed by atoms with E-state index in [2.05, 4.69) is 14.8 Å². The van der Waals surface area contributed by atoms with E-state index in [1.54, 1.807) is 6.07 Å². The molecule has 2 aliphatic rings. The van der Waals surface area contributed by atoms with Gasteiger partial charge in [-0.15, -0.1) is 21.5 Å². The van der Waals surface area contributed by atoms with Gasteiger partial charge in [-0.3, -0.25) is 0 Å². The van der Waals surface area contributed by atoms with E-state index in [-0.39, 0.29) is 0 Å². The van der Waals surface area contributed by atoms with Gasteiger partial charge in [0.25, 0.3) is 0 Å². The van der Waals surface area contributed by atoms with Gasteiger partial charge in [0, 0.05) is 16.8 Å². The maximum Gasteiger partial charge on any atom is 0.425 e. The molecule has 0 N–H and O–H groups in total. The lowest BCUT2D eigenvalue weighted by Crippen LogP contribution is -2.24. The molecular formula is C20H26F3N3S. The Morgan fingerprint density at radius 3 is 2.11 bits per heavy atom. The molecule has 0 aliphatic heterocycles. The molecule has 0 unspecified atom stereocenters. The first-order valence-electron chi connectivity index (χ1n) is 9.91. The van der Waals surface area contributed by atoms with Gasteiger partial charge in [-0.25, -0.2) is 0 Å². The Kier molecular flexibility index (Phi) is 4.85. The summed E-state index contributed by atoms with van der Waals surface area (Å²) in [6.45, 7) is 3.94. The number of halogens is 3. The summed E-state index contributed by atoms with van der Waals surface area (Å²) in [5, 5.41) is 9.13. The van der Waals surface area contributed by atoms with Crippen molar-refractivity contribution in [1.29, 1.82) is 0 Å². The van der Waals surface area contributed by atoms with Crippen LogP contribution in [-0.4, -0.2) is 14.8 Å². The lowest BCUT2D eigenvalue weighted by Gasteiger charge is -2.25. The zero-order valence-corrected chi connectivity index (χ0v) is 16.7. The molecule has 2 saturated carbocycles. The Balaban J connectivity index is 1.71. The highest BCUT2D eigenvalue weighted by Gasteiger charge is 2.40. The molecule has 0 spiro atoms. The van der Waals surface area contributed by atoms with Crippen LogP contribution in [0.1, 0.15) is 98.6 Å². The molecular weight excluding hydrogens is 371 g/mol. The second kappa shape index (κ2) is 6.90. The summed E-state index contributed by atoms with van der Waals surface area (Å²) >= 11 is 0.824. The van der Waals surface area contributed by atoms with Crippen molar-refractivity contribution in [2.24, 2.45) is 0 Å². The van der Waals surface area contributed by atoms with Crippen LogP contribution in [0.2, 0.25) is 0 Å². The first-order chi connectivity index (χ1) is 12.8. The van der Waals surface area contributed by atoms with Crippen LogP contribution in [0.25, 0.3) is 0 Å². The van der Waals surface area contributed by atoms with Gasteiger partial charge in [-0.05, 0) is 51.7 Å². The highest BCUT2D eigenvalue weighted by atomic mass is 32.1. The average Bonchev–Trinajstić information content (AvgIpc) is 3.21. The van der Waals surface area contributed by atoms with Crippen LogP contribution >= 0.6 is 11.3 Å². The summed E-state index contributed by atoms with van der Waals surface area (Å²) in [6.07, 6.45) is 5.21. The zero-order chi connectivity index (χ0) is 19.2. The van der Waals surface area contributed by atoms with Crippen molar-refractivity contribution in [2.45, 2.75) is 88.8 Å². The van der Waals surface area contributed by atoms with Crippen LogP contribution in [0.15, 0.2) is 12.1 Å². The van der Waals surface area contributed by atoms with E-state index in [0.29, 0.717) is 16.8 Å². The molecule has 0 bridgehead atoms. The number of hydrogen-bond donors (Lipinski definition) is 0. The predicted molar refractivity (Wildman–Crippen MR) is 100 cm³/mol. The van der Waals surface area contributed by atoms with Crippen molar-refractivity contribution in [3.8, 4) is 0 Å². The van der Waals surface area contributed by atoms with Gasteiger partial charge in [0.1, 0.15) is 16.5 Å². The van der Waals surface area contributed by atoms with E-state index in [4.69, 9.17) is 0 Å². The van der Waals surface area contributed by atoms with Crippen LogP contribution in [0.5, 0.6) is 0 Å². The van der Waals surface area contributed by atoms with Gasteiger partial charge in [-0.2, -0.15) is 13.2 Å². The number of thiophene rings is 1. The number of rotatable bonds is 4. The maximum absolute atomic E-state index is 13.1. The number of alkyl halides is 3. The molecule has 0 aromatic carbocycles. The Morgan fingerprint density at radius 2 is 1.56 bits per heavy atom. The first-order valence-corrected chi connectivity index (χ1v) is 10.7. The third-order valence-electron chi connectivity index (χ3n) is 5.91. The van der Waals surface area contributed by atoms with Crippen molar-refractivity contribution < 1.29 is 13.2 Å². The zero-order valence-electron chi connectivity index (χ0n) is 15.9.